The van der Waals surface area contributed by atoms with E-state index in [2.05, 4.69) is 5.32 Å². The van der Waals surface area contributed by atoms with Crippen molar-refractivity contribution in [2.45, 2.75) is 24.2 Å². The predicted molar refractivity (Wildman–Crippen MR) is 116 cm³/mol. The molecule has 1 fully saturated rings. The fourth-order valence-electron chi connectivity index (χ4n) is 3.34. The Morgan fingerprint density at radius 1 is 1.23 bits per heavy atom. The third kappa shape index (κ3) is 6.28. The Labute approximate surface area is 186 Å². The van der Waals surface area contributed by atoms with E-state index in [0.29, 0.717) is 31.7 Å². The summed E-state index contributed by atoms with van der Waals surface area (Å²) in [5, 5.41) is 4.69. The van der Waals surface area contributed by atoms with Crippen LogP contribution in [0.25, 0.3) is 0 Å². The van der Waals surface area contributed by atoms with Crippen molar-refractivity contribution in [1.82, 2.24) is 9.62 Å². The number of nitrogens with zero attached hydrogens (tertiary/aromatic N) is 1. The van der Waals surface area contributed by atoms with E-state index in [4.69, 9.17) is 9.47 Å². The lowest BCUT2D eigenvalue weighted by Gasteiger charge is -2.30. The first-order valence-electron chi connectivity index (χ1n) is 10.00. The fraction of sp³-hybridized carbons (Fsp3) is 0.429. The molecule has 1 N–H and O–H groups in total. The van der Waals surface area contributed by atoms with Crippen LogP contribution in [0.1, 0.15) is 17.7 Å². The van der Waals surface area contributed by atoms with Crippen LogP contribution in [0, 0.1) is 5.92 Å². The Kier molecular flexibility index (Phi) is 8.05. The van der Waals surface area contributed by atoms with E-state index in [0.717, 1.165) is 11.3 Å². The number of hydrogen-bond acceptors (Lipinski definition) is 7. The van der Waals surface area contributed by atoms with Gasteiger partial charge in [-0.1, -0.05) is 6.07 Å². The summed E-state index contributed by atoms with van der Waals surface area (Å²) in [4.78, 5) is 25.6. The molecular formula is C21H26N2O6S2. The van der Waals surface area contributed by atoms with Gasteiger partial charge < -0.3 is 14.8 Å². The standard InChI is InChI=1S/C21H26N2O6S2/c1-28-17-6-8-19(9-7-17)31(26,27)23-12-2-4-16(14-23)21(25)29-15-20(24)22-11-10-18-5-3-13-30-18/h3,5-9,13,16H,2,4,10-12,14-15H2,1H3,(H,22,24). The minimum absolute atomic E-state index is 0.0349. The fourth-order valence-corrected chi connectivity index (χ4v) is 5.57. The monoisotopic (exact) mass is 466 g/mol. The first kappa shape index (κ1) is 23.2. The van der Waals surface area contributed by atoms with E-state index in [1.165, 1.54) is 23.5 Å². The molecule has 31 heavy (non-hydrogen) atoms. The molecule has 1 atom stereocenters. The normalized spacial score (nSPS) is 17.1. The minimum atomic E-state index is -3.73. The lowest BCUT2D eigenvalue weighted by molar-refractivity contribution is -0.153. The van der Waals surface area contributed by atoms with Crippen molar-refractivity contribution in [3.8, 4) is 5.75 Å². The molecule has 2 heterocycles. The molecule has 1 aliphatic heterocycles. The van der Waals surface area contributed by atoms with Crippen molar-refractivity contribution >= 4 is 33.2 Å². The van der Waals surface area contributed by atoms with E-state index in [9.17, 15) is 18.0 Å². The molecule has 1 unspecified atom stereocenters. The van der Waals surface area contributed by atoms with E-state index in [1.54, 1.807) is 23.5 Å². The largest absolute Gasteiger partial charge is 0.497 e. The maximum absolute atomic E-state index is 12.9. The number of piperidine rings is 1. The lowest BCUT2D eigenvalue weighted by atomic mass is 10.00. The molecule has 1 aliphatic rings. The van der Waals surface area contributed by atoms with Gasteiger partial charge in [0.25, 0.3) is 5.91 Å². The van der Waals surface area contributed by atoms with E-state index in [-0.39, 0.29) is 24.0 Å². The molecule has 0 aliphatic carbocycles. The third-order valence-electron chi connectivity index (χ3n) is 5.03. The number of amides is 1. The van der Waals surface area contributed by atoms with Gasteiger partial charge in [-0.2, -0.15) is 4.31 Å². The first-order chi connectivity index (χ1) is 14.9. The topological polar surface area (TPSA) is 102 Å². The summed E-state index contributed by atoms with van der Waals surface area (Å²) < 4.78 is 37.3. The molecule has 10 heteroatoms. The Morgan fingerprint density at radius 2 is 2.00 bits per heavy atom. The van der Waals surface area contributed by atoms with Gasteiger partial charge in [0, 0.05) is 24.5 Å². The van der Waals surface area contributed by atoms with Crippen molar-refractivity contribution in [2.75, 3.05) is 33.4 Å². The van der Waals surface area contributed by atoms with Gasteiger partial charge in [-0.3, -0.25) is 9.59 Å². The van der Waals surface area contributed by atoms with Crippen LogP contribution < -0.4 is 10.1 Å². The van der Waals surface area contributed by atoms with Gasteiger partial charge in [-0.15, -0.1) is 11.3 Å². The highest BCUT2D eigenvalue weighted by Crippen LogP contribution is 2.25. The molecule has 0 saturated carbocycles. The number of hydrogen-bond donors (Lipinski definition) is 1. The molecule has 8 nitrogen and oxygen atoms in total. The summed E-state index contributed by atoms with van der Waals surface area (Å²) in [5.41, 5.74) is 0. The second-order valence-corrected chi connectivity index (χ2v) is 10.1. The van der Waals surface area contributed by atoms with E-state index in [1.807, 2.05) is 17.5 Å². The molecule has 0 bridgehead atoms. The predicted octanol–water partition coefficient (Wildman–Crippen LogP) is 2.06. The molecule has 168 valence electrons. The summed E-state index contributed by atoms with van der Waals surface area (Å²) in [6.07, 6.45) is 1.79. The smallest absolute Gasteiger partial charge is 0.310 e. The molecule has 2 aromatic rings. The van der Waals surface area contributed by atoms with Crippen molar-refractivity contribution in [3.05, 3.63) is 46.7 Å². The zero-order valence-electron chi connectivity index (χ0n) is 17.3. The van der Waals surface area contributed by atoms with Crippen molar-refractivity contribution in [3.63, 3.8) is 0 Å². The third-order valence-corrected chi connectivity index (χ3v) is 7.85. The number of methoxy groups -OCH3 is 1. The van der Waals surface area contributed by atoms with Crippen LogP contribution in [-0.4, -0.2) is 58.0 Å². The highest BCUT2D eigenvalue weighted by Gasteiger charge is 2.34. The SMILES string of the molecule is COc1ccc(S(=O)(=O)N2CCCC(C(=O)OCC(=O)NCCc3cccs3)C2)cc1. The molecule has 1 aromatic carbocycles. The van der Waals surface area contributed by atoms with Crippen LogP contribution in [0.2, 0.25) is 0 Å². The minimum Gasteiger partial charge on any atom is -0.497 e. The van der Waals surface area contributed by atoms with Crippen LogP contribution in [0.4, 0.5) is 0 Å². The molecule has 1 aromatic heterocycles. The summed E-state index contributed by atoms with van der Waals surface area (Å²) in [5.74, 6) is -0.958. The summed E-state index contributed by atoms with van der Waals surface area (Å²) >= 11 is 1.62. The van der Waals surface area contributed by atoms with Gasteiger partial charge in [-0.25, -0.2) is 8.42 Å². The van der Waals surface area contributed by atoms with Crippen LogP contribution in [0.15, 0.2) is 46.7 Å². The molecule has 0 spiro atoms. The van der Waals surface area contributed by atoms with Crippen LogP contribution in [0.5, 0.6) is 5.75 Å². The van der Waals surface area contributed by atoms with Gasteiger partial charge in [0.1, 0.15) is 5.75 Å². The van der Waals surface area contributed by atoms with Crippen LogP contribution in [0.3, 0.4) is 0 Å². The number of ether oxygens (including phenoxy) is 2. The Morgan fingerprint density at radius 3 is 2.68 bits per heavy atom. The Hall–Kier alpha value is -2.43. The maximum atomic E-state index is 12.9. The average Bonchev–Trinajstić information content (AvgIpc) is 3.31. The number of carbonyl (C=O) groups excluding carboxylic acids is 2. The van der Waals surface area contributed by atoms with Crippen molar-refractivity contribution in [2.24, 2.45) is 5.92 Å². The second kappa shape index (κ2) is 10.7. The van der Waals surface area contributed by atoms with Gasteiger partial charge in [0.05, 0.1) is 17.9 Å². The summed E-state index contributed by atoms with van der Waals surface area (Å²) in [6.45, 7) is 0.466. The van der Waals surface area contributed by atoms with Gasteiger partial charge in [0.15, 0.2) is 6.61 Å². The highest BCUT2D eigenvalue weighted by atomic mass is 32.2. The van der Waals surface area contributed by atoms with Crippen molar-refractivity contribution in [1.29, 1.82) is 0 Å². The lowest BCUT2D eigenvalue weighted by Crippen LogP contribution is -2.43. The number of nitrogens with one attached hydrogen (secondary N) is 1. The molecule has 1 saturated heterocycles. The quantitative estimate of drug-likeness (QED) is 0.568. The maximum Gasteiger partial charge on any atom is 0.310 e. The summed E-state index contributed by atoms with van der Waals surface area (Å²) in [6, 6.07) is 10.1. The van der Waals surface area contributed by atoms with Crippen LogP contribution in [-0.2, 0) is 30.8 Å². The number of carbonyl (C=O) groups is 2. The zero-order chi connectivity index (χ0) is 22.3. The zero-order valence-corrected chi connectivity index (χ0v) is 18.9. The molecule has 1 amide bonds. The second-order valence-electron chi connectivity index (χ2n) is 7.16. The highest BCUT2D eigenvalue weighted by molar-refractivity contribution is 7.89. The number of rotatable bonds is 9. The van der Waals surface area contributed by atoms with E-state index < -0.39 is 21.9 Å². The molecular weight excluding hydrogens is 440 g/mol. The first-order valence-corrected chi connectivity index (χ1v) is 12.3. The Balaban J connectivity index is 1.48. The molecule has 3 rings (SSSR count). The van der Waals surface area contributed by atoms with Crippen LogP contribution >= 0.6 is 11.3 Å². The number of thiophene rings is 1. The van der Waals surface area contributed by atoms with E-state index >= 15 is 0 Å². The van der Waals surface area contributed by atoms with Gasteiger partial charge >= 0.3 is 5.97 Å². The average molecular weight is 467 g/mol. The molecule has 0 radical (unpaired) electrons. The summed E-state index contributed by atoms with van der Waals surface area (Å²) in [7, 11) is -2.22. The van der Waals surface area contributed by atoms with Gasteiger partial charge in [0.2, 0.25) is 10.0 Å². The van der Waals surface area contributed by atoms with Crippen molar-refractivity contribution < 1.29 is 27.5 Å². The Bertz CT molecular complexity index is 974. The number of sulfonamides is 1. The number of esters is 1. The van der Waals surface area contributed by atoms with Gasteiger partial charge in [-0.05, 0) is 55.0 Å². The number of benzene rings is 1.